The maximum Gasteiger partial charge on any atom is 0.236 e. The Morgan fingerprint density at radius 3 is 2.45 bits per heavy atom. The molecule has 2 heterocycles. The second kappa shape index (κ2) is 7.55. The quantitative estimate of drug-likeness (QED) is 0.707. The van der Waals surface area contributed by atoms with Crippen molar-refractivity contribution in [1.29, 1.82) is 0 Å². The van der Waals surface area contributed by atoms with Crippen molar-refractivity contribution in [3.8, 4) is 17.2 Å². The van der Waals surface area contributed by atoms with Crippen molar-refractivity contribution < 1.29 is 28.6 Å². The van der Waals surface area contributed by atoms with Gasteiger partial charge in [-0.3, -0.25) is 14.4 Å². The fraction of sp³-hybridized carbons (Fsp3) is 0.522. The lowest BCUT2D eigenvalue weighted by atomic mass is 9.66. The summed E-state index contributed by atoms with van der Waals surface area (Å²) in [5.41, 5.74) is -0.484. The zero-order chi connectivity index (χ0) is 22.7. The predicted molar refractivity (Wildman–Crippen MR) is 114 cm³/mol. The molecule has 3 unspecified atom stereocenters. The van der Waals surface area contributed by atoms with Gasteiger partial charge in [0, 0.05) is 29.7 Å². The van der Waals surface area contributed by atoms with Crippen molar-refractivity contribution in [3.05, 3.63) is 27.9 Å². The highest BCUT2D eigenvalue weighted by molar-refractivity contribution is 6.36. The first-order valence-electron chi connectivity index (χ1n) is 10.4. The summed E-state index contributed by atoms with van der Waals surface area (Å²) in [6, 6.07) is 1.52. The molecule has 1 aromatic rings. The molecule has 4 rings (SSSR count). The van der Waals surface area contributed by atoms with Crippen LogP contribution in [-0.4, -0.2) is 37.3 Å². The van der Waals surface area contributed by atoms with Crippen LogP contribution in [0.4, 0.5) is 0 Å². The Labute approximate surface area is 186 Å². The molecule has 31 heavy (non-hydrogen) atoms. The first-order chi connectivity index (χ1) is 14.6. The number of rotatable bonds is 4. The van der Waals surface area contributed by atoms with Crippen LogP contribution in [0.2, 0.25) is 5.02 Å². The Hall–Kier alpha value is -2.54. The van der Waals surface area contributed by atoms with Crippen LogP contribution >= 0.6 is 11.6 Å². The lowest BCUT2D eigenvalue weighted by molar-refractivity contribution is -0.132. The van der Waals surface area contributed by atoms with Crippen LogP contribution in [0.1, 0.15) is 50.4 Å². The second-order valence-electron chi connectivity index (χ2n) is 8.87. The molecule has 7 nitrogen and oxygen atoms in total. The van der Waals surface area contributed by atoms with Gasteiger partial charge < -0.3 is 19.5 Å². The van der Waals surface area contributed by atoms with Gasteiger partial charge in [-0.1, -0.05) is 32.4 Å². The third-order valence-corrected chi connectivity index (χ3v) is 6.77. The lowest BCUT2D eigenvalue weighted by Crippen LogP contribution is -2.59. The van der Waals surface area contributed by atoms with E-state index in [4.69, 9.17) is 25.8 Å². The molecule has 1 aromatic carbocycles. The van der Waals surface area contributed by atoms with Crippen molar-refractivity contribution in [2.45, 2.75) is 45.6 Å². The topological polar surface area (TPSA) is 90.9 Å². The van der Waals surface area contributed by atoms with Gasteiger partial charge >= 0.3 is 0 Å². The van der Waals surface area contributed by atoms with E-state index in [2.05, 4.69) is 5.32 Å². The van der Waals surface area contributed by atoms with Crippen molar-refractivity contribution in [3.63, 3.8) is 0 Å². The molecule has 0 saturated carbocycles. The Bertz CT molecular complexity index is 1030. The first kappa shape index (κ1) is 21.7. The second-order valence-corrected chi connectivity index (χ2v) is 9.25. The van der Waals surface area contributed by atoms with E-state index in [1.165, 1.54) is 20.3 Å². The molecule has 3 aliphatic rings. The van der Waals surface area contributed by atoms with Gasteiger partial charge in [0.2, 0.25) is 23.1 Å². The van der Waals surface area contributed by atoms with Crippen LogP contribution in [0.25, 0.3) is 0 Å². The van der Waals surface area contributed by atoms with Gasteiger partial charge in [0.25, 0.3) is 0 Å². The molecule has 0 saturated heterocycles. The van der Waals surface area contributed by atoms with E-state index < -0.39 is 23.1 Å². The number of methoxy groups -OCH3 is 2. The number of hydrogen-bond donors (Lipinski definition) is 1. The number of amides is 1. The maximum absolute atomic E-state index is 14.0. The number of fused-ring (bicyclic) bond motifs is 1. The first-order valence-corrected chi connectivity index (χ1v) is 10.8. The molecule has 1 aliphatic carbocycles. The summed E-state index contributed by atoms with van der Waals surface area (Å²) in [6.45, 7) is 5.87. The summed E-state index contributed by atoms with van der Waals surface area (Å²) < 4.78 is 16.9. The van der Waals surface area contributed by atoms with Crippen LogP contribution < -0.4 is 19.5 Å². The van der Waals surface area contributed by atoms with Crippen LogP contribution in [0.3, 0.4) is 0 Å². The van der Waals surface area contributed by atoms with E-state index in [9.17, 15) is 14.4 Å². The fourth-order valence-electron chi connectivity index (χ4n) is 5.06. The number of nitrogens with one attached hydrogen (secondary N) is 1. The smallest absolute Gasteiger partial charge is 0.236 e. The van der Waals surface area contributed by atoms with Gasteiger partial charge in [0.1, 0.15) is 22.1 Å². The number of carbonyl (C=O) groups is 3. The number of ether oxygens (including phenoxy) is 3. The highest BCUT2D eigenvalue weighted by Gasteiger charge is 2.63. The molecule has 166 valence electrons. The summed E-state index contributed by atoms with van der Waals surface area (Å²) >= 11 is 6.46. The Morgan fingerprint density at radius 2 is 1.84 bits per heavy atom. The molecule has 0 bridgehead atoms. The van der Waals surface area contributed by atoms with Crippen molar-refractivity contribution in [1.82, 2.24) is 5.32 Å². The SMILES string of the molecule is COc1cc(OC)c2c(c1Cl)OC1(C(=O)C3=C(CC1C)NC(=O)CC3CC(C)C)C2=O. The zero-order valence-electron chi connectivity index (χ0n) is 18.3. The molecule has 1 N–H and O–H groups in total. The van der Waals surface area contributed by atoms with Crippen LogP contribution in [0.5, 0.6) is 17.2 Å². The van der Waals surface area contributed by atoms with E-state index >= 15 is 0 Å². The average Bonchev–Trinajstić information content (AvgIpc) is 3.01. The largest absolute Gasteiger partial charge is 0.496 e. The Kier molecular flexibility index (Phi) is 5.28. The summed E-state index contributed by atoms with van der Waals surface area (Å²) in [6.07, 6.45) is 1.23. The minimum Gasteiger partial charge on any atom is -0.496 e. The maximum atomic E-state index is 14.0. The molecule has 1 amide bonds. The highest BCUT2D eigenvalue weighted by Crippen LogP contribution is 2.54. The minimum atomic E-state index is -1.73. The van der Waals surface area contributed by atoms with Crippen molar-refractivity contribution in [2.75, 3.05) is 14.2 Å². The molecule has 0 aromatic heterocycles. The normalized spacial score (nSPS) is 27.3. The number of allylic oxidation sites excluding steroid dienone is 1. The number of benzene rings is 1. The lowest BCUT2D eigenvalue weighted by Gasteiger charge is -2.42. The third kappa shape index (κ3) is 3.04. The third-order valence-electron chi connectivity index (χ3n) is 6.42. The fourth-order valence-corrected chi connectivity index (χ4v) is 5.33. The predicted octanol–water partition coefficient (Wildman–Crippen LogP) is 3.72. The van der Waals surface area contributed by atoms with E-state index in [0.717, 1.165) is 0 Å². The summed E-state index contributed by atoms with van der Waals surface area (Å²) in [4.78, 5) is 40.0. The van der Waals surface area contributed by atoms with Crippen LogP contribution in [0, 0.1) is 17.8 Å². The molecule has 2 aliphatic heterocycles. The number of Topliss-reactive ketones (excluding diaryl/α,β-unsaturated/α-hetero) is 2. The number of hydrogen-bond acceptors (Lipinski definition) is 6. The standard InChI is InChI=1S/C23H26ClNO6/c1-10(2)6-12-8-16(26)25-13-7-11(3)23(21(27)17(12)13)22(28)18-14(29-4)9-15(30-5)19(24)20(18)31-23/h9-12H,6-8H2,1-5H3,(H,25,26). The molecular weight excluding hydrogens is 422 g/mol. The van der Waals surface area contributed by atoms with Gasteiger partial charge in [-0.25, -0.2) is 0 Å². The highest BCUT2D eigenvalue weighted by atomic mass is 35.5. The summed E-state index contributed by atoms with van der Waals surface area (Å²) in [7, 11) is 2.88. The molecule has 0 fully saturated rings. The molecule has 3 atom stereocenters. The van der Waals surface area contributed by atoms with Gasteiger partial charge in [-0.15, -0.1) is 0 Å². The number of ketones is 2. The van der Waals surface area contributed by atoms with Gasteiger partial charge in [-0.05, 0) is 24.7 Å². The summed E-state index contributed by atoms with van der Waals surface area (Å²) in [5.74, 6) is -0.809. The summed E-state index contributed by atoms with van der Waals surface area (Å²) in [5, 5.41) is 2.98. The monoisotopic (exact) mass is 447 g/mol. The number of carbonyl (C=O) groups excluding carboxylic acids is 3. The molecular formula is C23H26ClNO6. The number of halogens is 1. The van der Waals surface area contributed by atoms with E-state index in [-0.39, 0.29) is 46.2 Å². The van der Waals surface area contributed by atoms with Crippen LogP contribution in [0.15, 0.2) is 17.3 Å². The average molecular weight is 448 g/mol. The van der Waals surface area contributed by atoms with Gasteiger partial charge in [0.15, 0.2) is 5.75 Å². The zero-order valence-corrected chi connectivity index (χ0v) is 19.0. The van der Waals surface area contributed by atoms with E-state index in [1.54, 1.807) is 6.92 Å². The van der Waals surface area contributed by atoms with Crippen LogP contribution in [-0.2, 0) is 9.59 Å². The van der Waals surface area contributed by atoms with E-state index in [0.29, 0.717) is 29.9 Å². The Morgan fingerprint density at radius 1 is 1.16 bits per heavy atom. The van der Waals surface area contributed by atoms with E-state index in [1.807, 2.05) is 13.8 Å². The Balaban J connectivity index is 1.86. The van der Waals surface area contributed by atoms with Gasteiger partial charge in [-0.2, -0.15) is 0 Å². The molecule has 8 heteroatoms. The van der Waals surface area contributed by atoms with Crippen molar-refractivity contribution in [2.24, 2.45) is 17.8 Å². The van der Waals surface area contributed by atoms with Gasteiger partial charge in [0.05, 0.1) is 14.2 Å². The molecule has 1 spiro atoms. The van der Waals surface area contributed by atoms with Crippen molar-refractivity contribution >= 4 is 29.1 Å². The minimum absolute atomic E-state index is 0.100. The molecule has 0 radical (unpaired) electrons.